The van der Waals surface area contributed by atoms with Crippen molar-refractivity contribution >= 4 is 17.7 Å². The number of hydrogen-bond acceptors (Lipinski definition) is 5. The number of ether oxygens (including phenoxy) is 2. The Bertz CT molecular complexity index is 507. The molecule has 0 bridgehead atoms. The number of hydrogen-bond donors (Lipinski definition) is 4. The maximum atomic E-state index is 11.7. The van der Waals surface area contributed by atoms with E-state index in [0.29, 0.717) is 38.7 Å². The largest absolute Gasteiger partial charge is 0.480 e. The lowest BCUT2D eigenvalue weighted by Crippen LogP contribution is -2.32. The van der Waals surface area contributed by atoms with Crippen molar-refractivity contribution in [2.24, 2.45) is 5.73 Å². The number of benzene rings is 1. The van der Waals surface area contributed by atoms with Crippen LogP contribution in [0.25, 0.3) is 0 Å². The molecule has 8 nitrogen and oxygen atoms in total. The summed E-state index contributed by atoms with van der Waals surface area (Å²) in [7, 11) is 0. The second-order valence-corrected chi connectivity index (χ2v) is 5.04. The van der Waals surface area contributed by atoms with Gasteiger partial charge in [-0.2, -0.15) is 0 Å². The van der Waals surface area contributed by atoms with Gasteiger partial charge in [0.2, 0.25) is 0 Å². The second-order valence-electron chi connectivity index (χ2n) is 5.04. The van der Waals surface area contributed by atoms with Crippen LogP contribution in [0.2, 0.25) is 0 Å². The molecule has 24 heavy (non-hydrogen) atoms. The summed E-state index contributed by atoms with van der Waals surface area (Å²) in [4.78, 5) is 22.4. The van der Waals surface area contributed by atoms with Crippen molar-refractivity contribution in [3.63, 3.8) is 0 Å². The predicted octanol–water partition coefficient (Wildman–Crippen LogP) is 0.816. The van der Waals surface area contributed by atoms with E-state index in [9.17, 15) is 9.59 Å². The van der Waals surface area contributed by atoms with Crippen LogP contribution in [0.15, 0.2) is 24.3 Å². The van der Waals surface area contributed by atoms with Crippen LogP contribution in [0.5, 0.6) is 0 Å². The Labute approximate surface area is 141 Å². The fourth-order valence-electron chi connectivity index (χ4n) is 1.84. The van der Waals surface area contributed by atoms with Crippen molar-refractivity contribution in [3.8, 4) is 0 Å². The zero-order valence-corrected chi connectivity index (χ0v) is 13.8. The number of carbonyl (C=O) groups is 2. The highest BCUT2D eigenvalue weighted by molar-refractivity contribution is 5.89. The zero-order valence-electron chi connectivity index (χ0n) is 13.8. The van der Waals surface area contributed by atoms with Crippen LogP contribution in [-0.4, -0.2) is 56.1 Å². The highest BCUT2D eigenvalue weighted by Gasteiger charge is 2.11. The highest BCUT2D eigenvalue weighted by Crippen LogP contribution is 2.10. The highest BCUT2D eigenvalue weighted by atomic mass is 16.5. The summed E-state index contributed by atoms with van der Waals surface area (Å²) < 4.78 is 10.4. The van der Waals surface area contributed by atoms with E-state index in [4.69, 9.17) is 20.3 Å². The molecule has 0 aliphatic heterocycles. The van der Waals surface area contributed by atoms with E-state index < -0.39 is 12.0 Å². The Kier molecular flexibility index (Phi) is 9.44. The maximum absolute atomic E-state index is 11.7. The third kappa shape index (κ3) is 8.47. The van der Waals surface area contributed by atoms with Crippen molar-refractivity contribution in [2.75, 3.05) is 38.3 Å². The molecule has 8 heteroatoms. The Balaban J connectivity index is 2.23. The van der Waals surface area contributed by atoms with Crippen molar-refractivity contribution in [3.05, 3.63) is 29.8 Å². The molecule has 2 amide bonds. The number of nitrogens with two attached hydrogens (primary N) is 1. The summed E-state index contributed by atoms with van der Waals surface area (Å²) in [5.74, 6) is -1.04. The summed E-state index contributed by atoms with van der Waals surface area (Å²) >= 11 is 0. The first kappa shape index (κ1) is 19.9. The van der Waals surface area contributed by atoms with Crippen LogP contribution in [0.3, 0.4) is 0 Å². The van der Waals surface area contributed by atoms with Crippen LogP contribution in [0.1, 0.15) is 12.5 Å². The molecular weight excluding hydrogens is 314 g/mol. The van der Waals surface area contributed by atoms with Gasteiger partial charge in [-0.3, -0.25) is 4.79 Å². The standard InChI is InChI=1S/C16H25N3O5/c1-2-23-9-10-24-8-7-18-16(22)19-13-5-3-12(4-6-13)11-14(17)15(20)21/h3-6,14H,2,7-11,17H2,1H3,(H,20,21)(H2,18,19,22)/t14-/m0/s1. The molecule has 0 spiro atoms. The quantitative estimate of drug-likeness (QED) is 0.443. The van der Waals surface area contributed by atoms with E-state index >= 15 is 0 Å². The van der Waals surface area contributed by atoms with E-state index in [1.165, 1.54) is 0 Å². The minimum Gasteiger partial charge on any atom is -0.480 e. The van der Waals surface area contributed by atoms with Crippen molar-refractivity contribution in [1.29, 1.82) is 0 Å². The molecule has 5 N–H and O–H groups in total. The maximum Gasteiger partial charge on any atom is 0.320 e. The monoisotopic (exact) mass is 339 g/mol. The summed E-state index contributed by atoms with van der Waals surface area (Å²) in [5, 5.41) is 14.1. The van der Waals surface area contributed by atoms with Crippen LogP contribution in [0.4, 0.5) is 10.5 Å². The summed E-state index contributed by atoms with van der Waals surface area (Å²) in [6.07, 6.45) is 0.237. The second kappa shape index (κ2) is 11.4. The molecule has 0 fully saturated rings. The SMILES string of the molecule is CCOCCOCCNC(=O)Nc1ccc(C[C@H](N)C(=O)O)cc1. The zero-order chi connectivity index (χ0) is 17.8. The van der Waals surface area contributed by atoms with Crippen molar-refractivity contribution in [1.82, 2.24) is 5.32 Å². The minimum absolute atomic E-state index is 0.237. The van der Waals surface area contributed by atoms with E-state index in [1.807, 2.05) is 6.92 Å². The number of carboxylic acid groups (broad SMARTS) is 1. The molecule has 1 aromatic rings. The molecule has 134 valence electrons. The van der Waals surface area contributed by atoms with Crippen LogP contribution in [0, 0.1) is 0 Å². The molecule has 1 rings (SSSR count). The minimum atomic E-state index is -1.04. The molecule has 1 atom stereocenters. The third-order valence-electron chi connectivity index (χ3n) is 3.09. The number of carboxylic acids is 1. The average molecular weight is 339 g/mol. The number of carbonyl (C=O) groups excluding carboxylic acids is 1. The molecule has 0 unspecified atom stereocenters. The van der Waals surface area contributed by atoms with E-state index in [0.717, 1.165) is 5.56 Å². The molecular formula is C16H25N3O5. The van der Waals surface area contributed by atoms with Gasteiger partial charge in [-0.05, 0) is 31.0 Å². The fourth-order valence-corrected chi connectivity index (χ4v) is 1.84. The number of anilines is 1. The third-order valence-corrected chi connectivity index (χ3v) is 3.09. The van der Waals surface area contributed by atoms with Crippen molar-refractivity contribution < 1.29 is 24.2 Å². The van der Waals surface area contributed by atoms with Crippen LogP contribution >= 0.6 is 0 Å². The Hall–Kier alpha value is -2.16. The molecule has 0 saturated heterocycles. The van der Waals surface area contributed by atoms with Gasteiger partial charge >= 0.3 is 12.0 Å². The topological polar surface area (TPSA) is 123 Å². The first-order valence-electron chi connectivity index (χ1n) is 7.80. The van der Waals surface area contributed by atoms with E-state index in [1.54, 1.807) is 24.3 Å². The molecule has 0 saturated carbocycles. The molecule has 0 aliphatic carbocycles. The summed E-state index contributed by atoms with van der Waals surface area (Å²) in [6, 6.07) is 5.59. The lowest BCUT2D eigenvalue weighted by molar-refractivity contribution is -0.138. The predicted molar refractivity (Wildman–Crippen MR) is 90.1 cm³/mol. The van der Waals surface area contributed by atoms with Gasteiger partial charge in [0, 0.05) is 18.8 Å². The van der Waals surface area contributed by atoms with Gasteiger partial charge in [0.05, 0.1) is 19.8 Å². The van der Waals surface area contributed by atoms with Gasteiger partial charge in [-0.15, -0.1) is 0 Å². The van der Waals surface area contributed by atoms with Crippen molar-refractivity contribution in [2.45, 2.75) is 19.4 Å². The van der Waals surface area contributed by atoms with Gasteiger partial charge in [-0.1, -0.05) is 12.1 Å². The first-order chi connectivity index (χ1) is 11.5. The normalized spacial score (nSPS) is 11.8. The molecule has 1 aromatic carbocycles. The number of aliphatic carboxylic acids is 1. The van der Waals surface area contributed by atoms with Crippen LogP contribution in [-0.2, 0) is 20.7 Å². The number of nitrogens with one attached hydrogen (secondary N) is 2. The first-order valence-corrected chi connectivity index (χ1v) is 7.80. The summed E-state index contributed by atoms with van der Waals surface area (Å²) in [5.41, 5.74) is 6.87. The van der Waals surface area contributed by atoms with Crippen LogP contribution < -0.4 is 16.4 Å². The Morgan fingerprint density at radius 2 is 1.83 bits per heavy atom. The molecule has 0 aromatic heterocycles. The summed E-state index contributed by atoms with van der Waals surface area (Å²) in [6.45, 7) is 4.41. The van der Waals surface area contributed by atoms with Gasteiger partial charge in [0.1, 0.15) is 6.04 Å². The van der Waals surface area contributed by atoms with Gasteiger partial charge in [-0.25, -0.2) is 4.79 Å². The van der Waals surface area contributed by atoms with E-state index in [2.05, 4.69) is 10.6 Å². The smallest absolute Gasteiger partial charge is 0.320 e. The Morgan fingerprint density at radius 1 is 1.17 bits per heavy atom. The number of amides is 2. The number of urea groups is 1. The molecule has 0 radical (unpaired) electrons. The fraction of sp³-hybridized carbons (Fsp3) is 0.500. The Morgan fingerprint density at radius 3 is 2.46 bits per heavy atom. The van der Waals surface area contributed by atoms with Gasteiger partial charge in [0.15, 0.2) is 0 Å². The lowest BCUT2D eigenvalue weighted by atomic mass is 10.1. The number of rotatable bonds is 11. The van der Waals surface area contributed by atoms with Gasteiger partial charge in [0.25, 0.3) is 0 Å². The lowest BCUT2D eigenvalue weighted by Gasteiger charge is -2.10. The average Bonchev–Trinajstić information content (AvgIpc) is 2.55. The van der Waals surface area contributed by atoms with Gasteiger partial charge < -0.3 is 30.9 Å². The molecule has 0 aliphatic rings. The van der Waals surface area contributed by atoms with E-state index in [-0.39, 0.29) is 12.5 Å². The molecule has 0 heterocycles.